The van der Waals surface area contributed by atoms with Crippen LogP contribution in [0.15, 0.2) is 0 Å². The molecule has 0 aliphatic heterocycles. The first-order valence-electron chi connectivity index (χ1n) is 6.03. The van der Waals surface area contributed by atoms with Crippen molar-refractivity contribution in [3.63, 3.8) is 0 Å². The van der Waals surface area contributed by atoms with Gasteiger partial charge in [0.25, 0.3) is 0 Å². The van der Waals surface area contributed by atoms with Gasteiger partial charge in [0.2, 0.25) is 11.0 Å². The van der Waals surface area contributed by atoms with Gasteiger partial charge < -0.3 is 5.32 Å². The van der Waals surface area contributed by atoms with Crippen molar-refractivity contribution in [1.82, 2.24) is 9.36 Å². The SMILES string of the molecule is CC1CCC(Nc2nc(C(F)(F)F)ns2)CC1C. The zero-order chi connectivity index (χ0) is 13.3. The Morgan fingerprint density at radius 3 is 2.50 bits per heavy atom. The molecule has 0 radical (unpaired) electrons. The first kappa shape index (κ1) is 13.6. The molecule has 1 heterocycles. The molecule has 1 aliphatic rings. The van der Waals surface area contributed by atoms with Gasteiger partial charge in [0.05, 0.1) is 0 Å². The molecule has 1 fully saturated rings. The molecule has 7 heteroatoms. The molecule has 0 saturated heterocycles. The van der Waals surface area contributed by atoms with Gasteiger partial charge >= 0.3 is 6.18 Å². The third-order valence-corrected chi connectivity index (χ3v) is 4.25. The number of aromatic nitrogens is 2. The van der Waals surface area contributed by atoms with Gasteiger partial charge in [0.15, 0.2) is 0 Å². The van der Waals surface area contributed by atoms with Crippen LogP contribution >= 0.6 is 11.5 Å². The van der Waals surface area contributed by atoms with Crippen molar-refractivity contribution in [3.05, 3.63) is 5.82 Å². The summed E-state index contributed by atoms with van der Waals surface area (Å²) >= 11 is 0.780. The Hall–Kier alpha value is -0.850. The van der Waals surface area contributed by atoms with Gasteiger partial charge in [-0.15, -0.1) is 0 Å². The maximum atomic E-state index is 12.3. The third kappa shape index (κ3) is 3.13. The predicted octanol–water partition coefficient (Wildman–Crippen LogP) is 3.79. The topological polar surface area (TPSA) is 37.8 Å². The maximum absolute atomic E-state index is 12.3. The molecular weight excluding hydrogens is 263 g/mol. The summed E-state index contributed by atoms with van der Waals surface area (Å²) in [6, 6.07) is 0.213. The maximum Gasteiger partial charge on any atom is 0.452 e. The molecule has 1 saturated carbocycles. The molecule has 0 bridgehead atoms. The van der Waals surface area contributed by atoms with E-state index in [1.165, 1.54) is 0 Å². The average molecular weight is 279 g/mol. The smallest absolute Gasteiger partial charge is 0.358 e. The molecular formula is C11H16F3N3S. The van der Waals surface area contributed by atoms with Crippen LogP contribution in [0.25, 0.3) is 0 Å². The van der Waals surface area contributed by atoms with Gasteiger partial charge in [-0.1, -0.05) is 13.8 Å². The van der Waals surface area contributed by atoms with Crippen LogP contribution < -0.4 is 5.32 Å². The molecule has 18 heavy (non-hydrogen) atoms. The molecule has 0 aromatic carbocycles. The van der Waals surface area contributed by atoms with E-state index in [9.17, 15) is 13.2 Å². The summed E-state index contributed by atoms with van der Waals surface area (Å²) in [5, 5.41) is 3.34. The van der Waals surface area contributed by atoms with E-state index in [4.69, 9.17) is 0 Å². The van der Waals surface area contributed by atoms with Crippen molar-refractivity contribution < 1.29 is 13.2 Å². The number of halogens is 3. The molecule has 1 aromatic rings. The minimum atomic E-state index is -4.45. The molecule has 3 atom stereocenters. The second-order valence-electron chi connectivity index (χ2n) is 5.03. The molecule has 2 rings (SSSR count). The van der Waals surface area contributed by atoms with Gasteiger partial charge in [-0.2, -0.15) is 22.5 Å². The Kier molecular flexibility index (Phi) is 3.79. The largest absolute Gasteiger partial charge is 0.452 e. The third-order valence-electron chi connectivity index (χ3n) is 3.61. The molecule has 0 amide bonds. The van der Waals surface area contributed by atoms with Crippen LogP contribution in [0.4, 0.5) is 18.3 Å². The van der Waals surface area contributed by atoms with Gasteiger partial charge in [-0.25, -0.2) is 0 Å². The van der Waals surface area contributed by atoms with Gasteiger partial charge in [0, 0.05) is 17.6 Å². The number of alkyl halides is 3. The highest BCUT2D eigenvalue weighted by molar-refractivity contribution is 7.09. The molecule has 3 unspecified atom stereocenters. The van der Waals surface area contributed by atoms with Crippen LogP contribution in [0.3, 0.4) is 0 Å². The molecule has 1 aliphatic carbocycles. The fourth-order valence-electron chi connectivity index (χ4n) is 2.25. The Balaban J connectivity index is 1.96. The normalized spacial score (nSPS) is 29.3. The number of anilines is 1. The van der Waals surface area contributed by atoms with Crippen molar-refractivity contribution in [2.24, 2.45) is 11.8 Å². The lowest BCUT2D eigenvalue weighted by Gasteiger charge is -2.32. The number of hydrogen-bond acceptors (Lipinski definition) is 4. The van der Waals surface area contributed by atoms with Crippen LogP contribution in [-0.4, -0.2) is 15.4 Å². The van der Waals surface area contributed by atoms with Crippen molar-refractivity contribution in [3.8, 4) is 0 Å². The van der Waals surface area contributed by atoms with Crippen LogP contribution in [0.1, 0.15) is 38.9 Å². The summed E-state index contributed by atoms with van der Waals surface area (Å²) in [7, 11) is 0. The van der Waals surface area contributed by atoms with E-state index in [-0.39, 0.29) is 11.2 Å². The van der Waals surface area contributed by atoms with E-state index < -0.39 is 12.0 Å². The Morgan fingerprint density at radius 1 is 1.22 bits per heavy atom. The number of rotatable bonds is 2. The first-order valence-corrected chi connectivity index (χ1v) is 6.81. The lowest BCUT2D eigenvalue weighted by molar-refractivity contribution is -0.144. The Morgan fingerprint density at radius 2 is 1.94 bits per heavy atom. The highest BCUT2D eigenvalue weighted by Gasteiger charge is 2.36. The monoisotopic (exact) mass is 279 g/mol. The Labute approximate surface area is 108 Å². The van der Waals surface area contributed by atoms with E-state index in [2.05, 4.69) is 28.5 Å². The lowest BCUT2D eigenvalue weighted by Crippen LogP contribution is -2.30. The summed E-state index contributed by atoms with van der Waals surface area (Å²) in [4.78, 5) is 3.49. The van der Waals surface area contributed by atoms with Crippen LogP contribution in [0.2, 0.25) is 0 Å². The minimum Gasteiger partial charge on any atom is -0.358 e. The van der Waals surface area contributed by atoms with Gasteiger partial charge in [-0.3, -0.25) is 0 Å². The fraction of sp³-hybridized carbons (Fsp3) is 0.818. The van der Waals surface area contributed by atoms with Crippen molar-refractivity contribution in [2.45, 2.75) is 45.3 Å². The summed E-state index contributed by atoms with van der Waals surface area (Å²) < 4.78 is 40.4. The van der Waals surface area contributed by atoms with Crippen LogP contribution in [-0.2, 0) is 6.18 Å². The predicted molar refractivity (Wildman–Crippen MR) is 64.5 cm³/mol. The zero-order valence-corrected chi connectivity index (χ0v) is 11.1. The van der Waals surface area contributed by atoms with Crippen molar-refractivity contribution in [2.75, 3.05) is 5.32 Å². The molecule has 102 valence electrons. The van der Waals surface area contributed by atoms with Crippen LogP contribution in [0, 0.1) is 11.8 Å². The lowest BCUT2D eigenvalue weighted by atomic mass is 9.79. The van der Waals surface area contributed by atoms with E-state index in [1.54, 1.807) is 0 Å². The second-order valence-corrected chi connectivity index (χ2v) is 5.78. The Bertz CT molecular complexity index is 404. The molecule has 3 nitrogen and oxygen atoms in total. The highest BCUT2D eigenvalue weighted by Crippen LogP contribution is 2.33. The molecule has 0 spiro atoms. The van der Waals surface area contributed by atoms with E-state index in [0.717, 1.165) is 30.8 Å². The van der Waals surface area contributed by atoms with Gasteiger partial charge in [-0.05, 0) is 31.1 Å². The quantitative estimate of drug-likeness (QED) is 0.895. The summed E-state index contributed by atoms with van der Waals surface area (Å²) in [5.41, 5.74) is 0. The van der Waals surface area contributed by atoms with E-state index in [0.29, 0.717) is 11.8 Å². The first-order chi connectivity index (χ1) is 8.36. The zero-order valence-electron chi connectivity index (χ0n) is 10.3. The number of nitrogens with zero attached hydrogens (tertiary/aromatic N) is 2. The summed E-state index contributed by atoms with van der Waals surface area (Å²) in [6.45, 7) is 4.40. The van der Waals surface area contributed by atoms with E-state index >= 15 is 0 Å². The van der Waals surface area contributed by atoms with Crippen molar-refractivity contribution in [1.29, 1.82) is 0 Å². The molecule has 1 aromatic heterocycles. The second kappa shape index (κ2) is 5.03. The minimum absolute atomic E-state index is 0.213. The standard InChI is InChI=1S/C11H16F3N3S/c1-6-3-4-8(5-7(6)2)15-10-16-9(17-18-10)11(12,13)14/h6-8H,3-5H2,1-2H3,(H,15,16,17). The van der Waals surface area contributed by atoms with Gasteiger partial charge in [0.1, 0.15) is 0 Å². The van der Waals surface area contributed by atoms with Crippen molar-refractivity contribution >= 4 is 16.7 Å². The number of nitrogens with one attached hydrogen (secondary N) is 1. The highest BCUT2D eigenvalue weighted by atomic mass is 32.1. The van der Waals surface area contributed by atoms with Crippen LogP contribution in [0.5, 0.6) is 0 Å². The molecule has 1 N–H and O–H groups in total. The fourth-order valence-corrected chi connectivity index (χ4v) is 2.91. The summed E-state index contributed by atoms with van der Waals surface area (Å²) in [6.07, 6.45) is -1.40. The summed E-state index contributed by atoms with van der Waals surface area (Å²) in [5.74, 6) is 0.224. The average Bonchev–Trinajstić information content (AvgIpc) is 2.72. The number of hydrogen-bond donors (Lipinski definition) is 1. The van der Waals surface area contributed by atoms with E-state index in [1.807, 2.05) is 0 Å².